The van der Waals surface area contributed by atoms with Gasteiger partial charge in [-0.15, -0.1) is 0 Å². The molecule has 1 rings (SSSR count). The number of rotatable bonds is 8. The maximum absolute atomic E-state index is 6.11. The Labute approximate surface area is 118 Å². The van der Waals surface area contributed by atoms with Gasteiger partial charge in [0, 0.05) is 31.3 Å². The third-order valence-corrected chi connectivity index (χ3v) is 2.74. The number of hydrogen-bond acceptors (Lipinski definition) is 3. The Kier molecular flexibility index (Phi) is 7.85. The van der Waals surface area contributed by atoms with Crippen LogP contribution in [0.5, 0.6) is 5.75 Å². The van der Waals surface area contributed by atoms with E-state index in [0.717, 1.165) is 12.1 Å². The van der Waals surface area contributed by atoms with Gasteiger partial charge in [-0.2, -0.15) is 0 Å². The van der Waals surface area contributed by atoms with Gasteiger partial charge in [-0.3, -0.25) is 0 Å². The fourth-order valence-corrected chi connectivity index (χ4v) is 1.74. The minimum atomic E-state index is 0.401. The van der Waals surface area contributed by atoms with E-state index >= 15 is 0 Å². The Morgan fingerprint density at radius 2 is 2.22 bits per heavy atom. The van der Waals surface area contributed by atoms with Gasteiger partial charge in [0.25, 0.3) is 0 Å². The molecule has 100 valence electrons. The van der Waals surface area contributed by atoms with E-state index in [-0.39, 0.29) is 0 Å². The molecule has 0 spiro atoms. The first-order valence-corrected chi connectivity index (χ1v) is 6.46. The maximum Gasteiger partial charge on any atom is 0.142 e. The molecule has 0 bridgehead atoms. The fraction of sp³-hybridized carbons (Fsp3) is 0.385. The lowest BCUT2D eigenvalue weighted by atomic mass is 10.2. The SMILES string of the molecule is COCCNCc1cccc(Cl)c1OC/C=C/Cl. The molecule has 0 unspecified atom stereocenters. The first-order valence-electron chi connectivity index (χ1n) is 5.64. The Morgan fingerprint density at radius 1 is 1.39 bits per heavy atom. The minimum Gasteiger partial charge on any atom is -0.488 e. The van der Waals surface area contributed by atoms with Gasteiger partial charge in [0.15, 0.2) is 0 Å². The summed E-state index contributed by atoms with van der Waals surface area (Å²) in [4.78, 5) is 0. The lowest BCUT2D eigenvalue weighted by Crippen LogP contribution is -2.19. The molecule has 0 aliphatic heterocycles. The first-order chi connectivity index (χ1) is 8.79. The summed E-state index contributed by atoms with van der Waals surface area (Å²) < 4.78 is 10.6. The molecule has 1 N–H and O–H groups in total. The van der Waals surface area contributed by atoms with Crippen LogP contribution in [0.4, 0.5) is 0 Å². The molecule has 0 saturated carbocycles. The van der Waals surface area contributed by atoms with Crippen LogP contribution in [0.25, 0.3) is 0 Å². The van der Waals surface area contributed by atoms with Gasteiger partial charge in [0.2, 0.25) is 0 Å². The Balaban J connectivity index is 2.61. The average molecular weight is 290 g/mol. The van der Waals surface area contributed by atoms with Crippen molar-refractivity contribution >= 4 is 23.2 Å². The van der Waals surface area contributed by atoms with Gasteiger partial charge in [-0.25, -0.2) is 0 Å². The molecule has 0 aromatic heterocycles. The summed E-state index contributed by atoms with van der Waals surface area (Å²) in [7, 11) is 1.67. The molecule has 3 nitrogen and oxygen atoms in total. The Morgan fingerprint density at radius 3 is 2.94 bits per heavy atom. The number of methoxy groups -OCH3 is 1. The van der Waals surface area contributed by atoms with Crippen LogP contribution in [0, 0.1) is 0 Å². The van der Waals surface area contributed by atoms with Crippen LogP contribution in [0.3, 0.4) is 0 Å². The van der Waals surface area contributed by atoms with E-state index in [0.29, 0.717) is 30.5 Å². The second-order valence-corrected chi connectivity index (χ2v) is 4.23. The summed E-state index contributed by atoms with van der Waals surface area (Å²) in [5, 5.41) is 3.85. The van der Waals surface area contributed by atoms with Crippen LogP contribution in [-0.4, -0.2) is 26.9 Å². The van der Waals surface area contributed by atoms with Gasteiger partial charge in [0.1, 0.15) is 12.4 Å². The highest BCUT2D eigenvalue weighted by molar-refractivity contribution is 6.32. The largest absolute Gasteiger partial charge is 0.488 e. The van der Waals surface area contributed by atoms with Gasteiger partial charge in [0.05, 0.1) is 11.6 Å². The number of para-hydroxylation sites is 1. The van der Waals surface area contributed by atoms with Crippen molar-refractivity contribution in [1.29, 1.82) is 0 Å². The van der Waals surface area contributed by atoms with Crippen LogP contribution in [-0.2, 0) is 11.3 Å². The van der Waals surface area contributed by atoms with Crippen LogP contribution in [0.15, 0.2) is 29.8 Å². The molecule has 0 atom stereocenters. The van der Waals surface area contributed by atoms with Gasteiger partial charge in [-0.1, -0.05) is 35.3 Å². The molecule has 0 saturated heterocycles. The lowest BCUT2D eigenvalue weighted by Gasteiger charge is -2.12. The van der Waals surface area contributed by atoms with Crippen molar-refractivity contribution in [1.82, 2.24) is 5.32 Å². The molecule has 5 heteroatoms. The van der Waals surface area contributed by atoms with Gasteiger partial charge < -0.3 is 14.8 Å². The zero-order valence-corrected chi connectivity index (χ0v) is 11.8. The zero-order chi connectivity index (χ0) is 13.2. The number of hydrogen-bond donors (Lipinski definition) is 1. The van der Waals surface area contributed by atoms with Crippen LogP contribution in [0.1, 0.15) is 5.56 Å². The molecule has 0 radical (unpaired) electrons. The second kappa shape index (κ2) is 9.22. The minimum absolute atomic E-state index is 0.401. The maximum atomic E-state index is 6.11. The number of ether oxygens (including phenoxy) is 2. The van der Waals surface area contributed by atoms with E-state index in [2.05, 4.69) is 5.32 Å². The fourth-order valence-electron chi connectivity index (χ4n) is 1.42. The summed E-state index contributed by atoms with van der Waals surface area (Å²) in [5.41, 5.74) is 2.44. The molecule has 0 aliphatic rings. The van der Waals surface area contributed by atoms with E-state index < -0.39 is 0 Å². The van der Waals surface area contributed by atoms with Crippen molar-refractivity contribution in [3.8, 4) is 5.75 Å². The van der Waals surface area contributed by atoms with Crippen molar-refractivity contribution < 1.29 is 9.47 Å². The van der Waals surface area contributed by atoms with E-state index in [1.807, 2.05) is 12.1 Å². The molecule has 0 heterocycles. The Bertz CT molecular complexity index is 383. The quantitative estimate of drug-likeness (QED) is 0.746. The molecule has 1 aromatic rings. The van der Waals surface area contributed by atoms with Crippen LogP contribution >= 0.6 is 23.2 Å². The predicted molar refractivity (Wildman–Crippen MR) is 75.5 cm³/mol. The summed E-state index contributed by atoms with van der Waals surface area (Å²) in [6.07, 6.45) is 1.72. The third-order valence-electron chi connectivity index (χ3n) is 2.26. The van der Waals surface area contributed by atoms with E-state index in [4.69, 9.17) is 32.7 Å². The van der Waals surface area contributed by atoms with Crippen LogP contribution < -0.4 is 10.1 Å². The summed E-state index contributed by atoms with van der Waals surface area (Å²) in [6.45, 7) is 2.54. The lowest BCUT2D eigenvalue weighted by molar-refractivity contribution is 0.199. The van der Waals surface area contributed by atoms with Crippen molar-refractivity contribution in [3.05, 3.63) is 40.4 Å². The molecular weight excluding hydrogens is 273 g/mol. The highest BCUT2D eigenvalue weighted by Crippen LogP contribution is 2.28. The highest BCUT2D eigenvalue weighted by Gasteiger charge is 2.07. The third kappa shape index (κ3) is 5.27. The van der Waals surface area contributed by atoms with Crippen molar-refractivity contribution in [2.75, 3.05) is 26.9 Å². The summed E-state index contributed by atoms with van der Waals surface area (Å²) >= 11 is 11.6. The van der Waals surface area contributed by atoms with E-state index in [1.165, 1.54) is 5.54 Å². The molecular formula is C13H17Cl2NO2. The number of halogens is 2. The zero-order valence-electron chi connectivity index (χ0n) is 10.3. The monoisotopic (exact) mass is 289 g/mol. The Hall–Kier alpha value is -0.740. The first kappa shape index (κ1) is 15.3. The molecule has 18 heavy (non-hydrogen) atoms. The van der Waals surface area contributed by atoms with Gasteiger partial charge >= 0.3 is 0 Å². The molecule has 0 aliphatic carbocycles. The molecule has 0 fully saturated rings. The standard InChI is InChI=1S/C13H17Cl2NO2/c1-17-9-7-16-10-11-4-2-5-12(15)13(11)18-8-3-6-14/h2-6,16H,7-10H2,1H3/b6-3+. The molecule has 0 amide bonds. The average Bonchev–Trinajstić information content (AvgIpc) is 2.37. The second-order valence-electron chi connectivity index (χ2n) is 3.57. The predicted octanol–water partition coefficient (Wildman–Crippen LogP) is 3.21. The number of benzene rings is 1. The van der Waals surface area contributed by atoms with Crippen LogP contribution in [0.2, 0.25) is 5.02 Å². The van der Waals surface area contributed by atoms with E-state index in [1.54, 1.807) is 19.3 Å². The summed E-state index contributed by atoms with van der Waals surface area (Å²) in [5.74, 6) is 0.693. The summed E-state index contributed by atoms with van der Waals surface area (Å²) in [6, 6.07) is 5.69. The van der Waals surface area contributed by atoms with Crippen molar-refractivity contribution in [2.24, 2.45) is 0 Å². The van der Waals surface area contributed by atoms with Crippen molar-refractivity contribution in [3.63, 3.8) is 0 Å². The van der Waals surface area contributed by atoms with Gasteiger partial charge in [-0.05, 0) is 12.1 Å². The van der Waals surface area contributed by atoms with Crippen molar-refractivity contribution in [2.45, 2.75) is 6.54 Å². The normalized spacial score (nSPS) is 11.1. The molecule has 1 aromatic carbocycles. The highest BCUT2D eigenvalue weighted by atomic mass is 35.5. The smallest absolute Gasteiger partial charge is 0.142 e. The number of nitrogens with one attached hydrogen (secondary N) is 1. The topological polar surface area (TPSA) is 30.5 Å². The van der Waals surface area contributed by atoms with E-state index in [9.17, 15) is 0 Å².